The van der Waals surface area contributed by atoms with E-state index < -0.39 is 0 Å². The number of benzene rings is 1. The first kappa shape index (κ1) is 11.4. The molecule has 3 heteroatoms. The lowest BCUT2D eigenvalue weighted by atomic mass is 10.2. The standard InChI is InChI=1S/C11H17BrN2/c1-3-7-14(4-2)11-8-9(12)5-6-10(11)13/h5-6,8H,3-4,7,13H2,1-2H3. The Labute approximate surface area is 94.2 Å². The molecule has 2 N–H and O–H groups in total. The van der Waals surface area contributed by atoms with E-state index in [1.165, 1.54) is 0 Å². The molecule has 0 aliphatic rings. The molecule has 14 heavy (non-hydrogen) atoms. The molecule has 78 valence electrons. The Morgan fingerprint density at radius 3 is 2.64 bits per heavy atom. The highest BCUT2D eigenvalue weighted by atomic mass is 79.9. The van der Waals surface area contributed by atoms with Crippen LogP contribution in [0.5, 0.6) is 0 Å². The van der Waals surface area contributed by atoms with Crippen LogP contribution in [-0.4, -0.2) is 13.1 Å². The van der Waals surface area contributed by atoms with Crippen molar-refractivity contribution in [1.29, 1.82) is 0 Å². The molecule has 0 heterocycles. The molecule has 0 radical (unpaired) electrons. The van der Waals surface area contributed by atoms with E-state index in [1.807, 2.05) is 12.1 Å². The van der Waals surface area contributed by atoms with Gasteiger partial charge in [0, 0.05) is 17.6 Å². The van der Waals surface area contributed by atoms with Crippen molar-refractivity contribution in [2.24, 2.45) is 0 Å². The van der Waals surface area contributed by atoms with E-state index in [9.17, 15) is 0 Å². The Morgan fingerprint density at radius 2 is 2.07 bits per heavy atom. The van der Waals surface area contributed by atoms with Crippen LogP contribution in [0.25, 0.3) is 0 Å². The van der Waals surface area contributed by atoms with Crippen molar-refractivity contribution < 1.29 is 0 Å². The summed E-state index contributed by atoms with van der Waals surface area (Å²) in [6.45, 7) is 6.37. The average molecular weight is 257 g/mol. The van der Waals surface area contributed by atoms with E-state index in [4.69, 9.17) is 5.73 Å². The molecule has 2 nitrogen and oxygen atoms in total. The Balaban J connectivity index is 2.96. The molecule has 1 aromatic rings. The first-order valence-electron chi connectivity index (χ1n) is 4.99. The SMILES string of the molecule is CCCN(CC)c1cc(Br)ccc1N. The van der Waals surface area contributed by atoms with Gasteiger partial charge in [-0.2, -0.15) is 0 Å². The van der Waals surface area contributed by atoms with Crippen molar-refractivity contribution in [3.05, 3.63) is 22.7 Å². The largest absolute Gasteiger partial charge is 0.397 e. The minimum absolute atomic E-state index is 0.850. The normalized spacial score (nSPS) is 10.2. The average Bonchev–Trinajstić information content (AvgIpc) is 2.18. The molecule has 1 rings (SSSR count). The second kappa shape index (κ2) is 5.25. The fraction of sp³-hybridized carbons (Fsp3) is 0.455. The summed E-state index contributed by atoms with van der Waals surface area (Å²) in [6.07, 6.45) is 1.14. The van der Waals surface area contributed by atoms with Gasteiger partial charge in [0.1, 0.15) is 0 Å². The summed E-state index contributed by atoms with van der Waals surface area (Å²) in [5.41, 5.74) is 7.91. The van der Waals surface area contributed by atoms with Gasteiger partial charge in [0.05, 0.1) is 11.4 Å². The van der Waals surface area contributed by atoms with Crippen LogP contribution in [0.3, 0.4) is 0 Å². The third-order valence-corrected chi connectivity index (χ3v) is 2.70. The number of hydrogen-bond acceptors (Lipinski definition) is 2. The van der Waals surface area contributed by atoms with Crippen molar-refractivity contribution in [1.82, 2.24) is 0 Å². The summed E-state index contributed by atoms with van der Waals surface area (Å²) < 4.78 is 1.08. The molecule has 0 aliphatic carbocycles. The number of rotatable bonds is 4. The van der Waals surface area contributed by atoms with Gasteiger partial charge in [-0.25, -0.2) is 0 Å². The van der Waals surface area contributed by atoms with E-state index in [0.29, 0.717) is 0 Å². The highest BCUT2D eigenvalue weighted by Gasteiger charge is 2.06. The summed E-state index contributed by atoms with van der Waals surface area (Å²) >= 11 is 3.46. The lowest BCUT2D eigenvalue weighted by Crippen LogP contribution is -2.24. The second-order valence-electron chi connectivity index (χ2n) is 3.28. The topological polar surface area (TPSA) is 29.3 Å². The van der Waals surface area contributed by atoms with E-state index >= 15 is 0 Å². The highest BCUT2D eigenvalue weighted by molar-refractivity contribution is 9.10. The number of nitrogens with two attached hydrogens (primary N) is 1. The number of hydrogen-bond donors (Lipinski definition) is 1. The maximum absolute atomic E-state index is 5.93. The number of nitrogen functional groups attached to an aromatic ring is 1. The molecule has 0 fully saturated rings. The zero-order valence-corrected chi connectivity index (χ0v) is 10.3. The Hall–Kier alpha value is -0.700. The van der Waals surface area contributed by atoms with Crippen LogP contribution in [0.4, 0.5) is 11.4 Å². The molecular formula is C11H17BrN2. The molecule has 1 aromatic carbocycles. The van der Waals surface area contributed by atoms with E-state index in [2.05, 4.69) is 40.7 Å². The van der Waals surface area contributed by atoms with Crippen molar-refractivity contribution in [2.75, 3.05) is 23.7 Å². The minimum atomic E-state index is 0.850. The quantitative estimate of drug-likeness (QED) is 0.839. The van der Waals surface area contributed by atoms with Gasteiger partial charge in [-0.1, -0.05) is 22.9 Å². The van der Waals surface area contributed by atoms with Gasteiger partial charge >= 0.3 is 0 Å². The molecule has 0 amide bonds. The molecular weight excluding hydrogens is 240 g/mol. The lowest BCUT2D eigenvalue weighted by Gasteiger charge is -2.24. The number of halogens is 1. The predicted octanol–water partition coefficient (Wildman–Crippen LogP) is 3.27. The Kier molecular flexibility index (Phi) is 4.26. The van der Waals surface area contributed by atoms with Crippen LogP contribution in [0.2, 0.25) is 0 Å². The van der Waals surface area contributed by atoms with Crippen LogP contribution in [0.1, 0.15) is 20.3 Å². The van der Waals surface area contributed by atoms with Crippen LogP contribution < -0.4 is 10.6 Å². The van der Waals surface area contributed by atoms with Gasteiger partial charge in [-0.15, -0.1) is 0 Å². The molecule has 0 bridgehead atoms. The molecule has 0 atom stereocenters. The van der Waals surface area contributed by atoms with Crippen molar-refractivity contribution >= 4 is 27.3 Å². The van der Waals surface area contributed by atoms with Crippen molar-refractivity contribution in [2.45, 2.75) is 20.3 Å². The van der Waals surface area contributed by atoms with Crippen molar-refractivity contribution in [3.8, 4) is 0 Å². The predicted molar refractivity (Wildman–Crippen MR) is 66.7 cm³/mol. The third-order valence-electron chi connectivity index (χ3n) is 2.21. The maximum atomic E-state index is 5.93. The van der Waals surface area contributed by atoms with E-state index in [0.717, 1.165) is 35.4 Å². The van der Waals surface area contributed by atoms with E-state index in [-0.39, 0.29) is 0 Å². The van der Waals surface area contributed by atoms with E-state index in [1.54, 1.807) is 0 Å². The highest BCUT2D eigenvalue weighted by Crippen LogP contribution is 2.27. The molecule has 0 spiro atoms. The number of anilines is 2. The van der Waals surface area contributed by atoms with Gasteiger partial charge < -0.3 is 10.6 Å². The van der Waals surface area contributed by atoms with Crippen LogP contribution in [-0.2, 0) is 0 Å². The fourth-order valence-electron chi connectivity index (χ4n) is 1.51. The van der Waals surface area contributed by atoms with Gasteiger partial charge in [0.25, 0.3) is 0 Å². The molecule has 0 unspecified atom stereocenters. The zero-order chi connectivity index (χ0) is 10.6. The number of nitrogens with zero attached hydrogens (tertiary/aromatic N) is 1. The minimum Gasteiger partial charge on any atom is -0.397 e. The molecule has 0 aromatic heterocycles. The summed E-state index contributed by atoms with van der Waals surface area (Å²) in [7, 11) is 0. The first-order chi connectivity index (χ1) is 6.69. The summed E-state index contributed by atoms with van der Waals surface area (Å²) in [5.74, 6) is 0. The summed E-state index contributed by atoms with van der Waals surface area (Å²) in [4.78, 5) is 2.29. The fourth-order valence-corrected chi connectivity index (χ4v) is 1.86. The van der Waals surface area contributed by atoms with Gasteiger partial charge in [-0.3, -0.25) is 0 Å². The maximum Gasteiger partial charge on any atom is 0.0611 e. The Bertz CT molecular complexity index is 299. The Morgan fingerprint density at radius 1 is 1.36 bits per heavy atom. The third kappa shape index (κ3) is 2.64. The monoisotopic (exact) mass is 256 g/mol. The van der Waals surface area contributed by atoms with Crippen LogP contribution in [0, 0.1) is 0 Å². The van der Waals surface area contributed by atoms with Gasteiger partial charge in [0.2, 0.25) is 0 Å². The molecule has 0 aliphatic heterocycles. The zero-order valence-electron chi connectivity index (χ0n) is 8.76. The molecule has 0 saturated carbocycles. The smallest absolute Gasteiger partial charge is 0.0611 e. The second-order valence-corrected chi connectivity index (χ2v) is 4.20. The van der Waals surface area contributed by atoms with Crippen LogP contribution >= 0.6 is 15.9 Å². The van der Waals surface area contributed by atoms with Gasteiger partial charge in [0.15, 0.2) is 0 Å². The summed E-state index contributed by atoms with van der Waals surface area (Å²) in [6, 6.07) is 5.99. The molecule has 0 saturated heterocycles. The summed E-state index contributed by atoms with van der Waals surface area (Å²) in [5, 5.41) is 0. The van der Waals surface area contributed by atoms with Crippen molar-refractivity contribution in [3.63, 3.8) is 0 Å². The van der Waals surface area contributed by atoms with Gasteiger partial charge in [-0.05, 0) is 31.5 Å². The first-order valence-corrected chi connectivity index (χ1v) is 5.78. The lowest BCUT2D eigenvalue weighted by molar-refractivity contribution is 0.792. The van der Waals surface area contributed by atoms with Crippen LogP contribution in [0.15, 0.2) is 22.7 Å².